The third-order valence-electron chi connectivity index (χ3n) is 2.05. The van der Waals surface area contributed by atoms with Crippen molar-refractivity contribution in [3.8, 4) is 0 Å². The minimum atomic E-state index is -1.33. The molecule has 0 spiro atoms. The predicted octanol–water partition coefficient (Wildman–Crippen LogP) is 0.821. The maximum Gasteiger partial charge on any atom is 0.332 e. The van der Waals surface area contributed by atoms with Gasteiger partial charge >= 0.3 is 5.97 Å². The van der Waals surface area contributed by atoms with Gasteiger partial charge in [0.25, 0.3) is 0 Å². The van der Waals surface area contributed by atoms with Crippen molar-refractivity contribution in [2.75, 3.05) is 7.11 Å². The second-order valence-electron chi connectivity index (χ2n) is 3.31. The van der Waals surface area contributed by atoms with E-state index in [0.29, 0.717) is 6.61 Å². The molecule has 2 N–H and O–H groups in total. The van der Waals surface area contributed by atoms with Crippen LogP contribution in [0.15, 0.2) is 24.3 Å². The van der Waals surface area contributed by atoms with E-state index in [1.807, 2.05) is 12.1 Å². The van der Waals surface area contributed by atoms with Gasteiger partial charge in [-0.1, -0.05) is 24.3 Å². The SMILES string of the molecule is COCc1ccc(CC(O)C(=O)O)cc1. The first-order chi connectivity index (χ1) is 7.13. The lowest BCUT2D eigenvalue weighted by atomic mass is 10.1. The lowest BCUT2D eigenvalue weighted by Crippen LogP contribution is -2.21. The lowest BCUT2D eigenvalue weighted by molar-refractivity contribution is -0.146. The molecule has 0 saturated carbocycles. The molecule has 0 saturated heterocycles. The average Bonchev–Trinajstić information content (AvgIpc) is 2.21. The molecule has 0 amide bonds. The van der Waals surface area contributed by atoms with Gasteiger partial charge in [-0.15, -0.1) is 0 Å². The van der Waals surface area contributed by atoms with Gasteiger partial charge in [0.15, 0.2) is 6.10 Å². The summed E-state index contributed by atoms with van der Waals surface area (Å²) in [4.78, 5) is 10.4. The zero-order valence-corrected chi connectivity index (χ0v) is 8.51. The van der Waals surface area contributed by atoms with E-state index in [2.05, 4.69) is 0 Å². The molecule has 15 heavy (non-hydrogen) atoms. The highest BCUT2D eigenvalue weighted by atomic mass is 16.5. The van der Waals surface area contributed by atoms with Crippen molar-refractivity contribution in [2.45, 2.75) is 19.1 Å². The molecule has 0 bridgehead atoms. The molecule has 0 aliphatic rings. The van der Waals surface area contributed by atoms with Crippen molar-refractivity contribution in [3.63, 3.8) is 0 Å². The molecule has 1 aromatic rings. The number of aliphatic carboxylic acids is 1. The summed E-state index contributed by atoms with van der Waals surface area (Å²) in [5.74, 6) is -1.20. The minimum absolute atomic E-state index is 0.128. The molecular formula is C11H14O4. The van der Waals surface area contributed by atoms with Crippen molar-refractivity contribution in [3.05, 3.63) is 35.4 Å². The highest BCUT2D eigenvalue weighted by Crippen LogP contribution is 2.07. The number of aliphatic hydroxyl groups is 1. The maximum atomic E-state index is 10.4. The molecule has 4 nitrogen and oxygen atoms in total. The summed E-state index contributed by atoms with van der Waals surface area (Å²) in [6.45, 7) is 0.530. The van der Waals surface area contributed by atoms with Crippen LogP contribution in [-0.2, 0) is 22.6 Å². The molecular weight excluding hydrogens is 196 g/mol. The van der Waals surface area contributed by atoms with Crippen LogP contribution in [0.5, 0.6) is 0 Å². The topological polar surface area (TPSA) is 66.8 Å². The Balaban J connectivity index is 2.60. The van der Waals surface area contributed by atoms with Crippen LogP contribution in [0.25, 0.3) is 0 Å². The number of carboxylic acid groups (broad SMARTS) is 1. The standard InChI is InChI=1S/C11H14O4/c1-15-7-9-4-2-8(3-5-9)6-10(12)11(13)14/h2-5,10,12H,6-7H2,1H3,(H,13,14). The van der Waals surface area contributed by atoms with Crippen molar-refractivity contribution in [2.24, 2.45) is 0 Å². The molecule has 0 radical (unpaired) electrons. The maximum absolute atomic E-state index is 10.4. The fraction of sp³-hybridized carbons (Fsp3) is 0.364. The third kappa shape index (κ3) is 3.69. The van der Waals surface area contributed by atoms with E-state index in [1.165, 1.54) is 0 Å². The Morgan fingerprint density at radius 1 is 1.33 bits per heavy atom. The highest BCUT2D eigenvalue weighted by molar-refractivity contribution is 5.72. The van der Waals surface area contributed by atoms with E-state index in [-0.39, 0.29) is 6.42 Å². The predicted molar refractivity (Wildman–Crippen MR) is 54.5 cm³/mol. The van der Waals surface area contributed by atoms with Crippen LogP contribution in [0.4, 0.5) is 0 Å². The quantitative estimate of drug-likeness (QED) is 0.755. The fourth-order valence-electron chi connectivity index (χ4n) is 1.25. The van der Waals surface area contributed by atoms with Crippen LogP contribution < -0.4 is 0 Å². The van der Waals surface area contributed by atoms with E-state index in [1.54, 1.807) is 19.2 Å². The zero-order chi connectivity index (χ0) is 11.3. The van der Waals surface area contributed by atoms with Crippen LogP contribution in [0.3, 0.4) is 0 Å². The second kappa shape index (κ2) is 5.48. The molecule has 0 aliphatic heterocycles. The fourth-order valence-corrected chi connectivity index (χ4v) is 1.25. The molecule has 0 fully saturated rings. The molecule has 1 rings (SSSR count). The Morgan fingerprint density at radius 3 is 2.33 bits per heavy atom. The van der Waals surface area contributed by atoms with Gasteiger partial charge in [0.2, 0.25) is 0 Å². The Labute approximate surface area is 88.1 Å². The Bertz CT molecular complexity index is 318. The van der Waals surface area contributed by atoms with Gasteiger partial charge in [-0.2, -0.15) is 0 Å². The highest BCUT2D eigenvalue weighted by Gasteiger charge is 2.13. The van der Waals surface area contributed by atoms with Gasteiger partial charge in [-0.3, -0.25) is 0 Å². The van der Waals surface area contributed by atoms with Crippen LogP contribution in [-0.4, -0.2) is 29.4 Å². The van der Waals surface area contributed by atoms with Crippen molar-refractivity contribution < 1.29 is 19.7 Å². The van der Waals surface area contributed by atoms with Crippen LogP contribution in [0.2, 0.25) is 0 Å². The average molecular weight is 210 g/mol. The molecule has 1 atom stereocenters. The molecule has 4 heteroatoms. The summed E-state index contributed by atoms with van der Waals surface area (Å²) in [6.07, 6.45) is -1.21. The van der Waals surface area contributed by atoms with E-state index in [4.69, 9.17) is 14.9 Å². The van der Waals surface area contributed by atoms with Gasteiger partial charge in [-0.05, 0) is 11.1 Å². The number of rotatable bonds is 5. The van der Waals surface area contributed by atoms with Gasteiger partial charge in [0, 0.05) is 13.5 Å². The smallest absolute Gasteiger partial charge is 0.332 e. The molecule has 1 unspecified atom stereocenters. The summed E-state index contributed by atoms with van der Waals surface area (Å²) >= 11 is 0. The molecule has 0 heterocycles. The number of ether oxygens (including phenoxy) is 1. The first kappa shape index (κ1) is 11.7. The number of aliphatic hydroxyl groups excluding tert-OH is 1. The van der Waals surface area contributed by atoms with Gasteiger partial charge < -0.3 is 14.9 Å². The van der Waals surface area contributed by atoms with Gasteiger partial charge in [-0.25, -0.2) is 4.79 Å². The van der Waals surface area contributed by atoms with Crippen molar-refractivity contribution >= 4 is 5.97 Å². The number of methoxy groups -OCH3 is 1. The molecule has 0 aromatic heterocycles. The van der Waals surface area contributed by atoms with E-state index < -0.39 is 12.1 Å². The molecule has 0 aliphatic carbocycles. The monoisotopic (exact) mass is 210 g/mol. The summed E-state index contributed by atoms with van der Waals surface area (Å²) in [5, 5.41) is 17.6. The molecule has 82 valence electrons. The van der Waals surface area contributed by atoms with Crippen LogP contribution in [0.1, 0.15) is 11.1 Å². The summed E-state index contributed by atoms with van der Waals surface area (Å²) in [6, 6.07) is 7.29. The summed E-state index contributed by atoms with van der Waals surface area (Å²) in [5.41, 5.74) is 1.82. The third-order valence-corrected chi connectivity index (χ3v) is 2.05. The molecule has 1 aromatic carbocycles. The van der Waals surface area contributed by atoms with Crippen molar-refractivity contribution in [1.29, 1.82) is 0 Å². The zero-order valence-electron chi connectivity index (χ0n) is 8.51. The summed E-state index contributed by atoms with van der Waals surface area (Å²) in [7, 11) is 1.61. The van der Waals surface area contributed by atoms with E-state index >= 15 is 0 Å². The largest absolute Gasteiger partial charge is 0.479 e. The first-order valence-corrected chi connectivity index (χ1v) is 4.61. The van der Waals surface area contributed by atoms with Gasteiger partial charge in [0.05, 0.1) is 6.61 Å². The second-order valence-corrected chi connectivity index (χ2v) is 3.31. The lowest BCUT2D eigenvalue weighted by Gasteiger charge is -2.06. The Morgan fingerprint density at radius 2 is 1.87 bits per heavy atom. The number of carboxylic acids is 1. The van der Waals surface area contributed by atoms with Crippen LogP contribution in [0, 0.1) is 0 Å². The number of hydrogen-bond donors (Lipinski definition) is 2. The number of benzene rings is 1. The number of carbonyl (C=O) groups is 1. The van der Waals surface area contributed by atoms with Crippen LogP contribution >= 0.6 is 0 Å². The van der Waals surface area contributed by atoms with Crippen molar-refractivity contribution in [1.82, 2.24) is 0 Å². The number of hydrogen-bond acceptors (Lipinski definition) is 3. The van der Waals surface area contributed by atoms with E-state index in [0.717, 1.165) is 11.1 Å². The normalized spacial score (nSPS) is 12.4. The Hall–Kier alpha value is -1.39. The van der Waals surface area contributed by atoms with E-state index in [9.17, 15) is 4.79 Å². The Kier molecular flexibility index (Phi) is 4.27. The summed E-state index contributed by atoms with van der Waals surface area (Å²) < 4.78 is 4.94. The minimum Gasteiger partial charge on any atom is -0.479 e. The first-order valence-electron chi connectivity index (χ1n) is 4.61. The van der Waals surface area contributed by atoms with Gasteiger partial charge in [0.1, 0.15) is 0 Å².